The van der Waals surface area contributed by atoms with Gasteiger partial charge in [-0.15, -0.1) is 0 Å². The molecule has 0 fully saturated rings. The summed E-state index contributed by atoms with van der Waals surface area (Å²) in [5.74, 6) is -0.123. The molecule has 1 heterocycles. The van der Waals surface area contributed by atoms with Gasteiger partial charge in [-0.25, -0.2) is 0 Å². The number of H-pyrrole nitrogens is 1. The van der Waals surface area contributed by atoms with Crippen LogP contribution in [-0.4, -0.2) is 55.2 Å². The van der Waals surface area contributed by atoms with Gasteiger partial charge in [-0.2, -0.15) is 0 Å². The number of hydrogen-bond donors (Lipinski definition) is 1. The lowest BCUT2D eigenvalue weighted by molar-refractivity contribution is 0.0785. The monoisotopic (exact) mass is 440 g/mol. The molecule has 0 radical (unpaired) electrons. The molecule has 8 heteroatoms. The molecule has 1 aromatic heterocycles. The second kappa shape index (κ2) is 9.89. The maximum atomic E-state index is 13.0. The molecule has 0 bridgehead atoms. The van der Waals surface area contributed by atoms with E-state index in [1.54, 1.807) is 37.3 Å². The average Bonchev–Trinajstić information content (AvgIpc) is 2.75. The molecule has 0 aliphatic rings. The molecule has 3 aromatic rings. The van der Waals surface area contributed by atoms with Gasteiger partial charge < -0.3 is 19.5 Å². The molecule has 0 unspecified atom stereocenters. The fourth-order valence-corrected chi connectivity index (χ4v) is 3.71. The van der Waals surface area contributed by atoms with Crippen molar-refractivity contribution in [3.8, 4) is 0 Å². The van der Waals surface area contributed by atoms with Crippen molar-refractivity contribution in [1.29, 1.82) is 0 Å². The van der Waals surface area contributed by atoms with Crippen molar-refractivity contribution in [2.75, 3.05) is 39.8 Å². The molecule has 0 aliphatic heterocycles. The number of ether oxygens (including phenoxy) is 1. The number of benzene rings is 2. The zero-order valence-electron chi connectivity index (χ0n) is 18.3. The number of aromatic amines is 1. The van der Waals surface area contributed by atoms with Crippen molar-refractivity contribution in [3.05, 3.63) is 68.7 Å². The molecular formula is C23H28N4O3S. The summed E-state index contributed by atoms with van der Waals surface area (Å²) in [5, 5.41) is 0.504. The van der Waals surface area contributed by atoms with Gasteiger partial charge in [-0.3, -0.25) is 14.2 Å². The second-order valence-corrected chi connectivity index (χ2v) is 8.10. The molecule has 3 rings (SSSR count). The van der Waals surface area contributed by atoms with Crippen LogP contribution >= 0.6 is 12.2 Å². The van der Waals surface area contributed by atoms with E-state index in [-0.39, 0.29) is 11.5 Å². The van der Waals surface area contributed by atoms with E-state index in [1.807, 2.05) is 43.3 Å². The number of carbonyl (C=O) groups is 1. The summed E-state index contributed by atoms with van der Waals surface area (Å²) in [6.07, 6.45) is 0.691. The number of hydrogen-bond acceptors (Lipinski definition) is 5. The van der Waals surface area contributed by atoms with Gasteiger partial charge in [0.25, 0.3) is 11.5 Å². The molecule has 0 saturated carbocycles. The van der Waals surface area contributed by atoms with E-state index in [0.29, 0.717) is 47.4 Å². The first-order chi connectivity index (χ1) is 14.8. The Balaban J connectivity index is 1.81. The van der Waals surface area contributed by atoms with Crippen LogP contribution in [0.25, 0.3) is 10.9 Å². The third-order valence-corrected chi connectivity index (χ3v) is 5.50. The first-order valence-electron chi connectivity index (χ1n) is 10.1. The standard InChI is InChI=1S/C23H28N4O3S/c1-25(2)18-9-6-16(7-10-18)15-26(3)21(28)17-8-11-19-20(14-17)24-23(31)27(22(19)29)12-5-13-30-4/h6-11,14H,5,12-13,15H2,1-4H3,(H,24,31). The van der Waals surface area contributed by atoms with Gasteiger partial charge in [0.15, 0.2) is 4.77 Å². The third kappa shape index (κ3) is 5.21. The van der Waals surface area contributed by atoms with E-state index < -0.39 is 0 Å². The van der Waals surface area contributed by atoms with Gasteiger partial charge in [-0.05, 0) is 54.5 Å². The number of amides is 1. The molecule has 1 N–H and O–H groups in total. The summed E-state index contributed by atoms with van der Waals surface area (Å²) >= 11 is 5.36. The Morgan fingerprint density at radius 3 is 2.48 bits per heavy atom. The highest BCUT2D eigenvalue weighted by Crippen LogP contribution is 2.16. The molecule has 1 amide bonds. The van der Waals surface area contributed by atoms with Gasteiger partial charge in [0.2, 0.25) is 0 Å². The minimum atomic E-state index is -0.164. The SMILES string of the molecule is COCCCn1c(=S)[nH]c2cc(C(=O)N(C)Cc3ccc(N(C)C)cc3)ccc2c1=O. The van der Waals surface area contributed by atoms with Crippen molar-refractivity contribution >= 4 is 34.7 Å². The highest BCUT2D eigenvalue weighted by molar-refractivity contribution is 7.71. The first-order valence-corrected chi connectivity index (χ1v) is 10.5. The fraction of sp³-hybridized carbons (Fsp3) is 0.348. The van der Waals surface area contributed by atoms with Gasteiger partial charge in [0, 0.05) is 59.2 Å². The summed E-state index contributed by atoms with van der Waals surface area (Å²) in [6.45, 7) is 1.52. The number of fused-ring (bicyclic) bond motifs is 1. The lowest BCUT2D eigenvalue weighted by Crippen LogP contribution is -2.27. The third-order valence-electron chi connectivity index (χ3n) is 5.18. The molecule has 2 aromatic carbocycles. The Labute approximate surface area is 186 Å². The van der Waals surface area contributed by atoms with Crippen LogP contribution in [0, 0.1) is 4.77 Å². The molecule has 7 nitrogen and oxygen atoms in total. The summed E-state index contributed by atoms with van der Waals surface area (Å²) in [5.41, 5.74) is 3.05. The molecule has 164 valence electrons. The largest absolute Gasteiger partial charge is 0.385 e. The number of aromatic nitrogens is 2. The fourth-order valence-electron chi connectivity index (χ4n) is 3.42. The van der Waals surface area contributed by atoms with Crippen molar-refractivity contribution < 1.29 is 9.53 Å². The van der Waals surface area contributed by atoms with Crippen LogP contribution in [0.4, 0.5) is 5.69 Å². The molecule has 0 aliphatic carbocycles. The van der Waals surface area contributed by atoms with E-state index in [9.17, 15) is 9.59 Å². The van der Waals surface area contributed by atoms with Crippen molar-refractivity contribution in [2.24, 2.45) is 0 Å². The van der Waals surface area contributed by atoms with Crippen LogP contribution in [0.15, 0.2) is 47.3 Å². The zero-order chi connectivity index (χ0) is 22.5. The molecule has 31 heavy (non-hydrogen) atoms. The lowest BCUT2D eigenvalue weighted by Gasteiger charge is -2.19. The Morgan fingerprint density at radius 2 is 1.84 bits per heavy atom. The quantitative estimate of drug-likeness (QED) is 0.429. The van der Waals surface area contributed by atoms with Gasteiger partial charge >= 0.3 is 0 Å². The van der Waals surface area contributed by atoms with Gasteiger partial charge in [0.1, 0.15) is 0 Å². The number of carbonyl (C=O) groups excluding carboxylic acids is 1. The van der Waals surface area contributed by atoms with E-state index in [0.717, 1.165) is 11.3 Å². The Morgan fingerprint density at radius 1 is 1.13 bits per heavy atom. The van der Waals surface area contributed by atoms with Gasteiger partial charge in [0.05, 0.1) is 10.9 Å². The van der Waals surface area contributed by atoms with E-state index in [4.69, 9.17) is 17.0 Å². The highest BCUT2D eigenvalue weighted by Gasteiger charge is 2.14. The van der Waals surface area contributed by atoms with Crippen LogP contribution in [0.1, 0.15) is 22.3 Å². The molecule has 0 saturated heterocycles. The van der Waals surface area contributed by atoms with Crippen molar-refractivity contribution in [2.45, 2.75) is 19.5 Å². The minimum Gasteiger partial charge on any atom is -0.385 e. The average molecular weight is 441 g/mol. The van der Waals surface area contributed by atoms with Crippen LogP contribution in [0.5, 0.6) is 0 Å². The Kier molecular flexibility index (Phi) is 7.25. The first kappa shape index (κ1) is 22.7. The minimum absolute atomic E-state index is 0.123. The lowest BCUT2D eigenvalue weighted by atomic mass is 10.1. The molecule has 0 spiro atoms. The summed E-state index contributed by atoms with van der Waals surface area (Å²) in [6, 6.07) is 13.2. The van der Waals surface area contributed by atoms with Crippen molar-refractivity contribution in [1.82, 2.24) is 14.5 Å². The predicted octanol–water partition coefficient (Wildman–Crippen LogP) is 3.43. The van der Waals surface area contributed by atoms with Crippen LogP contribution < -0.4 is 10.5 Å². The van der Waals surface area contributed by atoms with Crippen LogP contribution in [0.2, 0.25) is 0 Å². The zero-order valence-corrected chi connectivity index (χ0v) is 19.2. The number of nitrogens with zero attached hydrogens (tertiary/aromatic N) is 3. The van der Waals surface area contributed by atoms with E-state index in [2.05, 4.69) is 4.98 Å². The topological polar surface area (TPSA) is 70.6 Å². The van der Waals surface area contributed by atoms with Crippen LogP contribution in [0.3, 0.4) is 0 Å². The number of anilines is 1. The number of methoxy groups -OCH3 is 1. The smallest absolute Gasteiger partial charge is 0.262 e. The Bertz CT molecular complexity index is 1180. The number of nitrogens with one attached hydrogen (secondary N) is 1. The van der Waals surface area contributed by atoms with E-state index in [1.165, 1.54) is 4.57 Å². The summed E-state index contributed by atoms with van der Waals surface area (Å²) in [4.78, 5) is 32.5. The highest BCUT2D eigenvalue weighted by atomic mass is 32.1. The molecule has 0 atom stereocenters. The van der Waals surface area contributed by atoms with E-state index >= 15 is 0 Å². The second-order valence-electron chi connectivity index (χ2n) is 7.72. The maximum Gasteiger partial charge on any atom is 0.262 e. The number of rotatable bonds is 8. The normalized spacial score (nSPS) is 11.0. The maximum absolute atomic E-state index is 13.0. The summed E-state index contributed by atoms with van der Waals surface area (Å²) < 4.78 is 6.92. The predicted molar refractivity (Wildman–Crippen MR) is 126 cm³/mol. The van der Waals surface area contributed by atoms with Gasteiger partial charge in [-0.1, -0.05) is 12.1 Å². The van der Waals surface area contributed by atoms with Crippen molar-refractivity contribution in [3.63, 3.8) is 0 Å². The molecular weight excluding hydrogens is 412 g/mol. The Hall–Kier alpha value is -2.97. The summed E-state index contributed by atoms with van der Waals surface area (Å²) in [7, 11) is 7.37. The van der Waals surface area contributed by atoms with Crippen LogP contribution in [-0.2, 0) is 17.8 Å².